The number of H-pyrrole nitrogens is 1. The minimum absolute atomic E-state index is 0.0809. The molecule has 1 aromatic heterocycles. The maximum atomic E-state index is 12.8. The highest BCUT2D eigenvalue weighted by molar-refractivity contribution is 5.92. The van der Waals surface area contributed by atoms with Crippen LogP contribution >= 0.6 is 0 Å². The molecule has 2 heterocycles. The summed E-state index contributed by atoms with van der Waals surface area (Å²) in [6.07, 6.45) is 2.14. The zero-order chi connectivity index (χ0) is 24.6. The van der Waals surface area contributed by atoms with Crippen LogP contribution in [-0.4, -0.2) is 80.1 Å². The summed E-state index contributed by atoms with van der Waals surface area (Å²) < 4.78 is 5.24. The Bertz CT molecular complexity index is 823. The maximum absolute atomic E-state index is 12.8. The fraction of sp³-hybridized carbons (Fsp3) is 0.700. The highest BCUT2D eigenvalue weighted by Crippen LogP contribution is 2.17. The van der Waals surface area contributed by atoms with Crippen LogP contribution in [0.25, 0.3) is 0 Å². The Kier molecular flexibility index (Phi) is 9.12. The number of carbonyl (C=O) groups is 4. The molecule has 4 amide bonds. The smallest absolute Gasteiger partial charge is 0.408 e. The lowest BCUT2D eigenvalue weighted by atomic mass is 9.98. The van der Waals surface area contributed by atoms with Gasteiger partial charge in [-0.15, -0.1) is 10.2 Å². The number of aromatic nitrogens is 4. The van der Waals surface area contributed by atoms with Crippen molar-refractivity contribution in [3.63, 3.8) is 0 Å². The van der Waals surface area contributed by atoms with E-state index in [4.69, 9.17) is 4.74 Å². The number of likely N-dealkylation sites (tertiary alicyclic amines) is 1. The lowest BCUT2D eigenvalue weighted by Crippen LogP contribution is -2.54. The summed E-state index contributed by atoms with van der Waals surface area (Å²) in [7, 11) is 0. The van der Waals surface area contributed by atoms with Gasteiger partial charge < -0.3 is 25.6 Å². The molecular formula is C20H33N8O5. The summed E-state index contributed by atoms with van der Waals surface area (Å²) >= 11 is 0. The zero-order valence-electron chi connectivity index (χ0n) is 19.7. The van der Waals surface area contributed by atoms with E-state index < -0.39 is 35.6 Å². The van der Waals surface area contributed by atoms with Crippen molar-refractivity contribution in [2.75, 3.05) is 13.1 Å². The quantitative estimate of drug-likeness (QED) is 0.384. The average Bonchev–Trinajstić information content (AvgIpc) is 3.44. The van der Waals surface area contributed by atoms with E-state index in [1.54, 1.807) is 20.8 Å². The second-order valence-electron chi connectivity index (χ2n) is 8.86. The van der Waals surface area contributed by atoms with Crippen molar-refractivity contribution in [3.8, 4) is 0 Å². The fourth-order valence-corrected chi connectivity index (χ4v) is 3.20. The molecule has 0 aliphatic carbocycles. The standard InChI is InChI=1S/C20H33N8O5/c1-6-12(2)16(23-19(32)33-20(3,4)5)18(31)22-11-15(29)28-9-7-8-13(28)17(30)21-10-14-24-26-27-25-14/h7,12-13,16H,6,8-11H2,1-5H3,(H,21,30)(H,22,31)(H,23,32)(H,24,25,26,27). The topological polar surface area (TPSA) is 171 Å². The Morgan fingerprint density at radius 2 is 2.00 bits per heavy atom. The van der Waals surface area contributed by atoms with Crippen molar-refractivity contribution in [1.82, 2.24) is 41.5 Å². The molecule has 3 unspecified atom stereocenters. The third-order valence-electron chi connectivity index (χ3n) is 5.11. The molecule has 1 saturated heterocycles. The Hall–Kier alpha value is -3.25. The van der Waals surface area contributed by atoms with E-state index in [0.717, 1.165) is 0 Å². The summed E-state index contributed by atoms with van der Waals surface area (Å²) in [4.78, 5) is 51.5. The van der Waals surface area contributed by atoms with E-state index in [2.05, 4.69) is 36.6 Å². The lowest BCUT2D eigenvalue weighted by Gasteiger charge is -2.27. The van der Waals surface area contributed by atoms with Crippen LogP contribution in [0.15, 0.2) is 0 Å². The maximum Gasteiger partial charge on any atom is 0.408 e. The third-order valence-corrected chi connectivity index (χ3v) is 5.11. The largest absolute Gasteiger partial charge is 0.444 e. The van der Waals surface area contributed by atoms with Gasteiger partial charge in [-0.25, -0.2) is 4.79 Å². The van der Waals surface area contributed by atoms with Crippen molar-refractivity contribution in [1.29, 1.82) is 0 Å². The summed E-state index contributed by atoms with van der Waals surface area (Å²) in [5.41, 5.74) is -0.706. The predicted molar refractivity (Wildman–Crippen MR) is 116 cm³/mol. The normalized spacial score (nSPS) is 17.7. The van der Waals surface area contributed by atoms with Gasteiger partial charge in [-0.05, 0) is 39.5 Å². The van der Waals surface area contributed by atoms with Crippen LogP contribution in [0.3, 0.4) is 0 Å². The van der Waals surface area contributed by atoms with Gasteiger partial charge in [-0.3, -0.25) is 14.4 Å². The van der Waals surface area contributed by atoms with Crippen molar-refractivity contribution in [2.24, 2.45) is 5.92 Å². The number of amides is 4. The molecule has 1 aromatic rings. The molecule has 1 aliphatic heterocycles. The molecule has 183 valence electrons. The molecule has 13 heteroatoms. The minimum atomic E-state index is -0.864. The van der Waals surface area contributed by atoms with Crippen LogP contribution < -0.4 is 16.0 Å². The van der Waals surface area contributed by atoms with Crippen molar-refractivity contribution >= 4 is 23.8 Å². The summed E-state index contributed by atoms with van der Waals surface area (Å²) in [6, 6.07) is -1.55. The van der Waals surface area contributed by atoms with E-state index in [1.165, 1.54) is 4.90 Å². The first-order valence-corrected chi connectivity index (χ1v) is 10.9. The predicted octanol–water partition coefficient (Wildman–Crippen LogP) is -0.323. The van der Waals surface area contributed by atoms with E-state index in [9.17, 15) is 19.2 Å². The number of alkyl carbamates (subject to hydrolysis) is 1. The SMILES string of the molecule is CCC(C)C(NC(=O)OC(C)(C)C)C(=O)NCC(=O)N1C[CH]CC1C(=O)NCc1nn[nH]n1. The first-order chi connectivity index (χ1) is 15.5. The van der Waals surface area contributed by atoms with E-state index in [-0.39, 0.29) is 24.9 Å². The van der Waals surface area contributed by atoms with Gasteiger partial charge in [0, 0.05) is 6.54 Å². The molecule has 0 saturated carbocycles. The average molecular weight is 466 g/mol. The second-order valence-corrected chi connectivity index (χ2v) is 8.86. The molecule has 1 fully saturated rings. The number of carbonyl (C=O) groups excluding carboxylic acids is 4. The number of ether oxygens (including phenoxy) is 1. The van der Waals surface area contributed by atoms with Gasteiger partial charge >= 0.3 is 6.09 Å². The molecular weight excluding hydrogens is 432 g/mol. The Morgan fingerprint density at radius 3 is 2.61 bits per heavy atom. The molecule has 0 bridgehead atoms. The van der Waals surface area contributed by atoms with Crippen LogP contribution in [0.1, 0.15) is 53.3 Å². The van der Waals surface area contributed by atoms with Gasteiger partial charge in [0.05, 0.1) is 13.1 Å². The van der Waals surface area contributed by atoms with Crippen LogP contribution in [0.5, 0.6) is 0 Å². The van der Waals surface area contributed by atoms with E-state index >= 15 is 0 Å². The Labute approximate surface area is 192 Å². The number of hydrogen-bond donors (Lipinski definition) is 4. The first-order valence-electron chi connectivity index (χ1n) is 10.9. The summed E-state index contributed by atoms with van der Waals surface area (Å²) in [6.45, 7) is 8.97. The van der Waals surface area contributed by atoms with Crippen LogP contribution in [0.2, 0.25) is 0 Å². The second kappa shape index (κ2) is 11.6. The van der Waals surface area contributed by atoms with Crippen LogP contribution in [0.4, 0.5) is 4.79 Å². The number of aromatic amines is 1. The molecule has 1 aliphatic rings. The van der Waals surface area contributed by atoms with Gasteiger partial charge in [-0.2, -0.15) is 5.21 Å². The van der Waals surface area contributed by atoms with Crippen LogP contribution in [-0.2, 0) is 25.7 Å². The molecule has 2 rings (SSSR count). The molecule has 13 nitrogen and oxygen atoms in total. The monoisotopic (exact) mass is 465 g/mol. The van der Waals surface area contributed by atoms with Crippen molar-refractivity contribution in [3.05, 3.63) is 12.2 Å². The molecule has 33 heavy (non-hydrogen) atoms. The zero-order valence-corrected chi connectivity index (χ0v) is 19.7. The number of nitrogens with one attached hydrogen (secondary N) is 4. The highest BCUT2D eigenvalue weighted by atomic mass is 16.6. The Balaban J connectivity index is 1.90. The number of rotatable bonds is 9. The van der Waals surface area contributed by atoms with Crippen LogP contribution in [0, 0.1) is 12.3 Å². The third kappa shape index (κ3) is 7.99. The Morgan fingerprint density at radius 1 is 1.27 bits per heavy atom. The minimum Gasteiger partial charge on any atom is -0.444 e. The first kappa shape index (κ1) is 26.0. The van der Waals surface area contributed by atoms with E-state index in [0.29, 0.717) is 25.2 Å². The van der Waals surface area contributed by atoms with Gasteiger partial charge in [0.1, 0.15) is 17.7 Å². The number of hydrogen-bond acceptors (Lipinski definition) is 8. The molecule has 1 radical (unpaired) electrons. The molecule has 0 spiro atoms. The van der Waals surface area contributed by atoms with Crippen molar-refractivity contribution in [2.45, 2.75) is 71.7 Å². The van der Waals surface area contributed by atoms with Crippen molar-refractivity contribution < 1.29 is 23.9 Å². The lowest BCUT2D eigenvalue weighted by molar-refractivity contribution is -0.139. The van der Waals surface area contributed by atoms with Gasteiger partial charge in [0.25, 0.3) is 0 Å². The number of nitrogens with zero attached hydrogens (tertiary/aromatic N) is 4. The summed E-state index contributed by atoms with van der Waals surface area (Å²) in [5, 5.41) is 21.1. The number of tetrazole rings is 1. The van der Waals surface area contributed by atoms with Gasteiger partial charge in [0.2, 0.25) is 17.7 Å². The molecule has 0 aromatic carbocycles. The van der Waals surface area contributed by atoms with E-state index in [1.807, 2.05) is 20.3 Å². The summed E-state index contributed by atoms with van der Waals surface area (Å²) in [5.74, 6) is -1.11. The van der Waals surface area contributed by atoms with Gasteiger partial charge in [-0.1, -0.05) is 25.5 Å². The fourth-order valence-electron chi connectivity index (χ4n) is 3.20. The molecule has 4 N–H and O–H groups in total. The molecule has 3 atom stereocenters. The van der Waals surface area contributed by atoms with Gasteiger partial charge in [0.15, 0.2) is 5.82 Å². The highest BCUT2D eigenvalue weighted by Gasteiger charge is 2.35.